The fourth-order valence-corrected chi connectivity index (χ4v) is 5.84. The predicted molar refractivity (Wildman–Crippen MR) is 133 cm³/mol. The summed E-state index contributed by atoms with van der Waals surface area (Å²) in [6.45, 7) is 1.93. The van der Waals surface area contributed by atoms with Crippen molar-refractivity contribution in [2.24, 2.45) is 5.41 Å². The average Bonchev–Trinajstić information content (AvgIpc) is 3.50. The Balaban J connectivity index is 1.29. The summed E-state index contributed by atoms with van der Waals surface area (Å²) in [5.41, 5.74) is 4.00. The van der Waals surface area contributed by atoms with Crippen molar-refractivity contribution >= 4 is 16.7 Å². The number of pyridine rings is 1. The number of carboxylic acid groups (broad SMARTS) is 1. The summed E-state index contributed by atoms with van der Waals surface area (Å²) >= 11 is 0. The molecule has 0 radical (unpaired) electrons. The van der Waals surface area contributed by atoms with Crippen molar-refractivity contribution in [2.75, 3.05) is 0 Å². The fourth-order valence-electron chi connectivity index (χ4n) is 5.84. The number of rotatable bonds is 6. The van der Waals surface area contributed by atoms with Crippen molar-refractivity contribution < 1.29 is 19.0 Å². The number of fused-ring (bicyclic) bond motifs is 2. The number of benzene rings is 3. The van der Waals surface area contributed by atoms with Gasteiger partial charge in [0.2, 0.25) is 0 Å². The monoisotopic (exact) mass is 467 g/mol. The molecule has 2 aliphatic carbocycles. The van der Waals surface area contributed by atoms with Gasteiger partial charge in [-0.2, -0.15) is 0 Å². The molecule has 0 spiro atoms. The number of hydrogen-bond donors (Lipinski definition) is 1. The van der Waals surface area contributed by atoms with Crippen LogP contribution < -0.4 is 4.74 Å². The molecule has 1 saturated carbocycles. The van der Waals surface area contributed by atoms with E-state index in [1.54, 1.807) is 0 Å². The first-order valence-electron chi connectivity index (χ1n) is 12.2. The van der Waals surface area contributed by atoms with Gasteiger partial charge in [0.25, 0.3) is 0 Å². The maximum absolute atomic E-state index is 15.1. The van der Waals surface area contributed by atoms with E-state index in [0.29, 0.717) is 30.6 Å². The van der Waals surface area contributed by atoms with Crippen molar-refractivity contribution in [1.82, 2.24) is 4.98 Å². The zero-order chi connectivity index (χ0) is 24.2. The Labute approximate surface area is 203 Å². The lowest BCUT2D eigenvalue weighted by atomic mass is 9.94. The number of aliphatic carboxylic acids is 1. The van der Waals surface area contributed by atoms with Gasteiger partial charge in [0.15, 0.2) is 0 Å². The van der Waals surface area contributed by atoms with Gasteiger partial charge in [0.1, 0.15) is 17.7 Å². The molecule has 4 aromatic rings. The fraction of sp³-hybridized carbons (Fsp3) is 0.267. The van der Waals surface area contributed by atoms with Crippen LogP contribution in [0.4, 0.5) is 4.39 Å². The highest BCUT2D eigenvalue weighted by atomic mass is 19.1. The van der Waals surface area contributed by atoms with E-state index in [9.17, 15) is 9.90 Å². The van der Waals surface area contributed by atoms with E-state index in [1.165, 1.54) is 6.07 Å². The lowest BCUT2D eigenvalue weighted by Crippen LogP contribution is -2.15. The molecule has 6 rings (SSSR count). The Bertz CT molecular complexity index is 1440. The molecule has 4 nitrogen and oxygen atoms in total. The Morgan fingerprint density at radius 1 is 1.09 bits per heavy atom. The van der Waals surface area contributed by atoms with Gasteiger partial charge in [-0.25, -0.2) is 4.39 Å². The zero-order valence-electron chi connectivity index (χ0n) is 19.5. The van der Waals surface area contributed by atoms with Gasteiger partial charge in [0.05, 0.1) is 5.41 Å². The molecule has 3 aromatic carbocycles. The van der Waals surface area contributed by atoms with Crippen LogP contribution in [-0.4, -0.2) is 16.1 Å². The first-order chi connectivity index (χ1) is 17.0. The molecule has 1 fully saturated rings. The first kappa shape index (κ1) is 21.8. The van der Waals surface area contributed by atoms with Crippen molar-refractivity contribution in [3.8, 4) is 16.9 Å². The van der Waals surface area contributed by atoms with Crippen LogP contribution in [0.15, 0.2) is 73.1 Å². The SMILES string of the molecule is CC[C@]1(C(=O)O)C[C@H]1c1ccc(O[C@@H]2CCc3c(-c4cncc5ccccc45)ccc(F)c32)cc1. The van der Waals surface area contributed by atoms with Gasteiger partial charge in [-0.3, -0.25) is 9.78 Å². The molecular weight excluding hydrogens is 441 g/mol. The highest BCUT2D eigenvalue weighted by molar-refractivity contribution is 5.96. The van der Waals surface area contributed by atoms with Gasteiger partial charge in [0, 0.05) is 34.8 Å². The Morgan fingerprint density at radius 2 is 1.89 bits per heavy atom. The van der Waals surface area contributed by atoms with E-state index in [2.05, 4.69) is 11.1 Å². The van der Waals surface area contributed by atoms with Crippen molar-refractivity contribution in [3.63, 3.8) is 0 Å². The molecule has 0 unspecified atom stereocenters. The summed E-state index contributed by atoms with van der Waals surface area (Å²) in [5, 5.41) is 11.8. The summed E-state index contributed by atoms with van der Waals surface area (Å²) in [6, 6.07) is 19.2. The van der Waals surface area contributed by atoms with Gasteiger partial charge in [-0.1, -0.05) is 49.4 Å². The standard InChI is InChI=1S/C30H26FNO3/c1-2-30(29(33)34)15-25(30)18-7-9-20(10-8-18)35-27-14-12-23-22(11-13-26(31)28(23)27)24-17-32-16-19-5-3-4-6-21(19)24/h3-11,13,16-17,25,27H,2,12,14-15H2,1H3,(H,33,34)/t25-,27+,30-/m0/s1. The van der Waals surface area contributed by atoms with Crippen LogP contribution in [-0.2, 0) is 11.2 Å². The second-order valence-electron chi connectivity index (χ2n) is 9.68. The Kier molecular flexibility index (Phi) is 5.10. The van der Waals surface area contributed by atoms with Gasteiger partial charge in [-0.05, 0) is 66.0 Å². The van der Waals surface area contributed by atoms with E-state index in [-0.39, 0.29) is 17.8 Å². The number of aromatic nitrogens is 1. The van der Waals surface area contributed by atoms with Crippen molar-refractivity contribution in [1.29, 1.82) is 0 Å². The number of ether oxygens (including phenoxy) is 1. The lowest BCUT2D eigenvalue weighted by Gasteiger charge is -2.17. The summed E-state index contributed by atoms with van der Waals surface area (Å²) in [4.78, 5) is 16.1. The maximum Gasteiger partial charge on any atom is 0.310 e. The first-order valence-corrected chi connectivity index (χ1v) is 12.2. The minimum atomic E-state index is -0.722. The van der Waals surface area contributed by atoms with E-state index in [1.807, 2.05) is 67.8 Å². The van der Waals surface area contributed by atoms with E-state index in [4.69, 9.17) is 4.74 Å². The molecule has 3 atom stereocenters. The number of carboxylic acids is 1. The minimum Gasteiger partial charge on any atom is -0.486 e. The molecule has 1 heterocycles. The number of hydrogen-bond acceptors (Lipinski definition) is 3. The summed E-state index contributed by atoms with van der Waals surface area (Å²) in [5.74, 6) is -0.259. The van der Waals surface area contributed by atoms with Crippen LogP contribution in [0.25, 0.3) is 21.9 Å². The molecule has 1 N–H and O–H groups in total. The zero-order valence-corrected chi connectivity index (χ0v) is 19.5. The van der Waals surface area contributed by atoms with Crippen LogP contribution >= 0.6 is 0 Å². The van der Waals surface area contributed by atoms with Gasteiger partial charge >= 0.3 is 5.97 Å². The van der Waals surface area contributed by atoms with E-state index in [0.717, 1.165) is 39.4 Å². The lowest BCUT2D eigenvalue weighted by molar-refractivity contribution is -0.143. The van der Waals surface area contributed by atoms with Crippen LogP contribution in [0.2, 0.25) is 0 Å². The Hall–Kier alpha value is -3.73. The summed E-state index contributed by atoms with van der Waals surface area (Å²) < 4.78 is 21.4. The molecule has 0 bridgehead atoms. The van der Waals surface area contributed by atoms with E-state index < -0.39 is 11.4 Å². The van der Waals surface area contributed by atoms with Gasteiger partial charge < -0.3 is 9.84 Å². The third kappa shape index (κ3) is 3.49. The topological polar surface area (TPSA) is 59.4 Å². The van der Waals surface area contributed by atoms with E-state index >= 15 is 4.39 Å². The Morgan fingerprint density at radius 3 is 2.63 bits per heavy atom. The second kappa shape index (κ2) is 8.19. The third-order valence-corrected chi connectivity index (χ3v) is 7.93. The largest absolute Gasteiger partial charge is 0.486 e. The highest BCUT2D eigenvalue weighted by Gasteiger charge is 2.59. The molecule has 1 aromatic heterocycles. The molecule has 176 valence electrons. The van der Waals surface area contributed by atoms with Crippen LogP contribution in [0.1, 0.15) is 54.9 Å². The van der Waals surface area contributed by atoms with Crippen LogP contribution in [0.5, 0.6) is 5.75 Å². The molecular formula is C30H26FNO3. The third-order valence-electron chi connectivity index (χ3n) is 7.93. The highest BCUT2D eigenvalue weighted by Crippen LogP contribution is 2.61. The predicted octanol–water partition coefficient (Wildman–Crippen LogP) is 7.08. The minimum absolute atomic E-state index is 0.0422. The normalized spacial score (nSPS) is 22.7. The number of halogens is 1. The molecule has 35 heavy (non-hydrogen) atoms. The van der Waals surface area contributed by atoms with Crippen molar-refractivity contribution in [2.45, 2.75) is 44.6 Å². The number of carbonyl (C=O) groups is 1. The smallest absolute Gasteiger partial charge is 0.310 e. The second-order valence-corrected chi connectivity index (χ2v) is 9.68. The van der Waals surface area contributed by atoms with Crippen molar-refractivity contribution in [3.05, 3.63) is 95.6 Å². The van der Waals surface area contributed by atoms with Gasteiger partial charge in [-0.15, -0.1) is 0 Å². The summed E-state index contributed by atoms with van der Waals surface area (Å²) in [6.07, 6.45) is 6.06. The molecule has 0 amide bonds. The molecule has 0 saturated heterocycles. The van der Waals surface area contributed by atoms with Crippen LogP contribution in [0.3, 0.4) is 0 Å². The van der Waals surface area contributed by atoms with Crippen LogP contribution in [0, 0.1) is 11.2 Å². The quantitative estimate of drug-likeness (QED) is 0.329. The molecule has 2 aliphatic rings. The molecule has 0 aliphatic heterocycles. The maximum atomic E-state index is 15.1. The summed E-state index contributed by atoms with van der Waals surface area (Å²) in [7, 11) is 0. The number of nitrogens with zero attached hydrogens (tertiary/aromatic N) is 1. The average molecular weight is 468 g/mol. The molecule has 5 heteroatoms.